The van der Waals surface area contributed by atoms with Crippen molar-refractivity contribution in [3.63, 3.8) is 0 Å². The minimum absolute atomic E-state index is 0.0187. The van der Waals surface area contributed by atoms with Gasteiger partial charge in [-0.15, -0.1) is 11.3 Å². The molecule has 214 valence electrons. The molecule has 1 aromatic carbocycles. The second-order valence-electron chi connectivity index (χ2n) is 8.77. The fourth-order valence-electron chi connectivity index (χ4n) is 4.00. The maximum atomic E-state index is 13.4. The lowest BCUT2D eigenvalue weighted by molar-refractivity contribution is -0.140. The first-order valence-corrected chi connectivity index (χ1v) is 14.3. The van der Waals surface area contributed by atoms with Gasteiger partial charge in [0, 0.05) is 17.5 Å². The first kappa shape index (κ1) is 30.6. The van der Waals surface area contributed by atoms with Gasteiger partial charge in [-0.1, -0.05) is 22.8 Å². The van der Waals surface area contributed by atoms with E-state index in [2.05, 4.69) is 20.5 Å². The van der Waals surface area contributed by atoms with Crippen LogP contribution in [0.15, 0.2) is 26.9 Å². The molecule has 3 aromatic rings. The van der Waals surface area contributed by atoms with Crippen LogP contribution >= 0.6 is 22.9 Å². The number of carbonyl (C=O) groups is 4. The number of nitrogens with one attached hydrogen (secondary N) is 3. The van der Waals surface area contributed by atoms with Crippen molar-refractivity contribution in [1.29, 1.82) is 0 Å². The number of carboxylic acid groups (broad SMARTS) is 2. The van der Waals surface area contributed by atoms with Gasteiger partial charge in [0.15, 0.2) is 0 Å². The van der Waals surface area contributed by atoms with Gasteiger partial charge in [0.1, 0.15) is 26.7 Å². The van der Waals surface area contributed by atoms with Gasteiger partial charge in [-0.05, 0) is 62.3 Å². The Labute approximate surface area is 237 Å². The molecule has 0 spiro atoms. The lowest BCUT2D eigenvalue weighted by atomic mass is 9.92. The Hall–Kier alpha value is -3.95. The van der Waals surface area contributed by atoms with Gasteiger partial charge in [-0.3, -0.25) is 14.4 Å². The van der Waals surface area contributed by atoms with Crippen molar-refractivity contribution in [3.8, 4) is 0 Å². The van der Waals surface area contributed by atoms with E-state index < -0.39 is 46.2 Å². The highest BCUT2D eigenvalue weighted by Crippen LogP contribution is 2.33. The number of carbonyl (C=O) groups excluding carboxylic acids is 2. The minimum atomic E-state index is -4.25. The van der Waals surface area contributed by atoms with E-state index in [1.807, 2.05) is 0 Å². The first-order chi connectivity index (χ1) is 18.6. The summed E-state index contributed by atoms with van der Waals surface area (Å²) in [5.41, 5.74) is 1.54. The van der Waals surface area contributed by atoms with Crippen LogP contribution in [0.1, 0.15) is 55.9 Å². The standard InChI is InChI=1S/C24H25ClN4O9S2/c1-10-9-11(2)18(12(3)17(10)20(32)26-14(24(34)35)5-6-16(30)31)21(33)27-23-15(7-8-39-23)40(36,37)29-22-19(25)13(4)28-38-22/h7-9,14,29H,5-6H2,1-4H3,(H,26,32)(H,27,33)(H,30,31)(H,34,35). The molecule has 2 amide bonds. The molecule has 0 aliphatic rings. The molecule has 0 radical (unpaired) electrons. The normalized spacial score (nSPS) is 12.0. The van der Waals surface area contributed by atoms with Gasteiger partial charge in [0.05, 0.1) is 0 Å². The van der Waals surface area contributed by atoms with E-state index in [-0.39, 0.29) is 49.6 Å². The molecule has 0 saturated heterocycles. The zero-order valence-corrected chi connectivity index (χ0v) is 24.0. The van der Waals surface area contributed by atoms with E-state index in [0.717, 1.165) is 11.3 Å². The Kier molecular flexibility index (Phi) is 9.22. The number of carboxylic acids is 2. The van der Waals surface area contributed by atoms with Gasteiger partial charge in [-0.2, -0.15) is 0 Å². The molecule has 0 saturated carbocycles. The SMILES string of the molecule is Cc1cc(C)c(C(=O)NC(CCC(=O)O)C(=O)O)c(C)c1C(=O)Nc1sccc1S(=O)(=O)Nc1onc(C)c1Cl. The van der Waals surface area contributed by atoms with Crippen LogP contribution in [0.3, 0.4) is 0 Å². The van der Waals surface area contributed by atoms with E-state index in [1.54, 1.807) is 19.9 Å². The third kappa shape index (κ3) is 6.60. The molecule has 1 unspecified atom stereocenters. The number of aryl methyl sites for hydroxylation is 3. The molecule has 0 aliphatic carbocycles. The summed E-state index contributed by atoms with van der Waals surface area (Å²) in [7, 11) is -4.25. The molecular weight excluding hydrogens is 588 g/mol. The summed E-state index contributed by atoms with van der Waals surface area (Å²) in [5.74, 6) is -4.42. The molecule has 40 heavy (non-hydrogen) atoms. The first-order valence-electron chi connectivity index (χ1n) is 11.5. The van der Waals surface area contributed by atoms with Crippen molar-refractivity contribution in [1.82, 2.24) is 10.5 Å². The molecule has 0 bridgehead atoms. The largest absolute Gasteiger partial charge is 0.481 e. The van der Waals surface area contributed by atoms with Crippen molar-refractivity contribution in [2.45, 2.75) is 51.5 Å². The van der Waals surface area contributed by atoms with Gasteiger partial charge in [0.25, 0.3) is 27.7 Å². The number of amides is 2. The van der Waals surface area contributed by atoms with Crippen LogP contribution in [0.4, 0.5) is 10.9 Å². The average molecular weight is 613 g/mol. The van der Waals surface area contributed by atoms with E-state index in [9.17, 15) is 32.7 Å². The summed E-state index contributed by atoms with van der Waals surface area (Å²) in [6, 6.07) is 1.37. The van der Waals surface area contributed by atoms with Gasteiger partial charge >= 0.3 is 11.9 Å². The van der Waals surface area contributed by atoms with E-state index >= 15 is 0 Å². The fraction of sp³-hybridized carbons (Fsp3) is 0.292. The maximum Gasteiger partial charge on any atom is 0.326 e. The predicted octanol–water partition coefficient (Wildman–Crippen LogP) is 3.72. The van der Waals surface area contributed by atoms with Crippen LogP contribution < -0.4 is 15.4 Å². The maximum absolute atomic E-state index is 13.4. The quantitative estimate of drug-likeness (QED) is 0.212. The Morgan fingerprint density at radius 2 is 1.70 bits per heavy atom. The number of aromatic nitrogens is 1. The number of nitrogens with zero attached hydrogens (tertiary/aromatic N) is 1. The van der Waals surface area contributed by atoms with Gasteiger partial charge < -0.3 is 25.4 Å². The number of halogens is 1. The Balaban J connectivity index is 1.91. The van der Waals surface area contributed by atoms with Gasteiger partial charge in [-0.25, -0.2) is 17.9 Å². The molecule has 3 rings (SSSR count). The number of thiophene rings is 1. The molecule has 1 atom stereocenters. The number of sulfonamides is 1. The molecule has 2 heterocycles. The molecule has 16 heteroatoms. The molecule has 5 N–H and O–H groups in total. The number of rotatable bonds is 11. The molecule has 0 aliphatic heterocycles. The van der Waals surface area contributed by atoms with Crippen LogP contribution in [-0.2, 0) is 19.6 Å². The summed E-state index contributed by atoms with van der Waals surface area (Å²) in [6.45, 7) is 6.26. The number of hydrogen-bond acceptors (Lipinski definition) is 9. The topological polar surface area (TPSA) is 205 Å². The van der Waals surface area contributed by atoms with Crippen molar-refractivity contribution in [2.24, 2.45) is 0 Å². The zero-order chi connectivity index (χ0) is 29.9. The van der Waals surface area contributed by atoms with E-state index in [0.29, 0.717) is 11.1 Å². The number of hydrogen-bond donors (Lipinski definition) is 5. The second kappa shape index (κ2) is 12.1. The van der Waals surface area contributed by atoms with Crippen molar-refractivity contribution >= 4 is 67.6 Å². The fourth-order valence-corrected chi connectivity index (χ4v) is 6.45. The molecule has 0 fully saturated rings. The molecule has 2 aromatic heterocycles. The van der Waals surface area contributed by atoms with Crippen molar-refractivity contribution in [2.75, 3.05) is 10.0 Å². The highest BCUT2D eigenvalue weighted by Gasteiger charge is 2.28. The molecular formula is C24H25ClN4O9S2. The van der Waals surface area contributed by atoms with Crippen LogP contribution in [0.2, 0.25) is 5.02 Å². The minimum Gasteiger partial charge on any atom is -0.481 e. The monoisotopic (exact) mass is 612 g/mol. The summed E-state index contributed by atoms with van der Waals surface area (Å²) >= 11 is 6.95. The zero-order valence-electron chi connectivity index (χ0n) is 21.6. The summed E-state index contributed by atoms with van der Waals surface area (Å²) in [6.07, 6.45) is -0.809. The Morgan fingerprint density at radius 3 is 2.25 bits per heavy atom. The number of benzene rings is 1. The van der Waals surface area contributed by atoms with Gasteiger partial charge in [0.2, 0.25) is 0 Å². The average Bonchev–Trinajstić information content (AvgIpc) is 3.43. The summed E-state index contributed by atoms with van der Waals surface area (Å²) in [5, 5.41) is 28.2. The van der Waals surface area contributed by atoms with Crippen LogP contribution in [0.25, 0.3) is 0 Å². The lowest BCUT2D eigenvalue weighted by Gasteiger charge is -2.19. The Morgan fingerprint density at radius 1 is 1.07 bits per heavy atom. The van der Waals surface area contributed by atoms with Crippen molar-refractivity contribution in [3.05, 3.63) is 56.0 Å². The highest BCUT2D eigenvalue weighted by atomic mass is 35.5. The third-order valence-electron chi connectivity index (χ3n) is 5.84. The van der Waals surface area contributed by atoms with Crippen LogP contribution in [-0.4, -0.2) is 53.6 Å². The highest BCUT2D eigenvalue weighted by molar-refractivity contribution is 7.93. The van der Waals surface area contributed by atoms with Crippen LogP contribution in [0, 0.1) is 27.7 Å². The summed E-state index contributed by atoms with van der Waals surface area (Å²) < 4.78 is 33.1. The smallest absolute Gasteiger partial charge is 0.326 e. The number of anilines is 2. The van der Waals surface area contributed by atoms with Crippen molar-refractivity contribution < 1.29 is 42.3 Å². The van der Waals surface area contributed by atoms with Crippen LogP contribution in [0.5, 0.6) is 0 Å². The number of aliphatic carboxylic acids is 2. The van der Waals surface area contributed by atoms with E-state index in [4.69, 9.17) is 21.2 Å². The third-order valence-corrected chi connectivity index (χ3v) is 8.62. The Bertz CT molecular complexity index is 1610. The van der Waals surface area contributed by atoms with E-state index in [1.165, 1.54) is 25.3 Å². The molecule has 13 nitrogen and oxygen atoms in total. The summed E-state index contributed by atoms with van der Waals surface area (Å²) in [4.78, 5) is 48.6. The lowest BCUT2D eigenvalue weighted by Crippen LogP contribution is -2.41. The predicted molar refractivity (Wildman–Crippen MR) is 146 cm³/mol. The second-order valence-corrected chi connectivity index (χ2v) is 11.7.